The van der Waals surface area contributed by atoms with Crippen molar-refractivity contribution in [1.82, 2.24) is 0 Å². The molecule has 0 bridgehead atoms. The monoisotopic (exact) mass is 255 g/mol. The molecule has 1 fully saturated rings. The highest BCUT2D eigenvalue weighted by Crippen LogP contribution is 2.33. The van der Waals surface area contributed by atoms with Crippen molar-refractivity contribution in [3.8, 4) is 5.75 Å². The van der Waals surface area contributed by atoms with Crippen molar-refractivity contribution >= 4 is 15.9 Å². The van der Waals surface area contributed by atoms with Gasteiger partial charge in [0.2, 0.25) is 0 Å². The van der Waals surface area contributed by atoms with Crippen LogP contribution in [-0.4, -0.2) is 6.61 Å². The lowest BCUT2D eigenvalue weighted by molar-refractivity contribution is 0.297. The molecule has 14 heavy (non-hydrogen) atoms. The average molecular weight is 256 g/mol. The topological polar surface area (TPSA) is 35.2 Å². The van der Waals surface area contributed by atoms with Gasteiger partial charge in [0, 0.05) is 6.54 Å². The molecule has 2 nitrogen and oxygen atoms in total. The number of ether oxygens (including phenoxy) is 1. The van der Waals surface area contributed by atoms with E-state index in [1.54, 1.807) is 0 Å². The Hall–Kier alpha value is -0.540. The summed E-state index contributed by atoms with van der Waals surface area (Å²) in [4.78, 5) is 0. The van der Waals surface area contributed by atoms with Gasteiger partial charge in [-0.2, -0.15) is 0 Å². The Labute approximate surface area is 92.6 Å². The fraction of sp³-hybridized carbons (Fsp3) is 0.455. The van der Waals surface area contributed by atoms with E-state index in [1.165, 1.54) is 12.8 Å². The molecule has 0 saturated heterocycles. The first-order valence-corrected chi connectivity index (χ1v) is 5.71. The molecule has 76 valence electrons. The third kappa shape index (κ3) is 2.28. The van der Waals surface area contributed by atoms with E-state index in [0.29, 0.717) is 6.54 Å². The number of nitrogens with two attached hydrogens (primary N) is 1. The molecule has 0 aromatic heterocycles. The van der Waals surface area contributed by atoms with Crippen LogP contribution in [0, 0.1) is 5.92 Å². The number of hydrogen-bond donors (Lipinski definition) is 1. The molecule has 0 heterocycles. The molecule has 0 aliphatic heterocycles. The summed E-state index contributed by atoms with van der Waals surface area (Å²) in [7, 11) is 0. The molecular weight excluding hydrogens is 242 g/mol. The molecule has 0 unspecified atom stereocenters. The van der Waals surface area contributed by atoms with Gasteiger partial charge in [0.05, 0.1) is 11.1 Å². The van der Waals surface area contributed by atoms with Gasteiger partial charge in [-0.3, -0.25) is 0 Å². The Balaban J connectivity index is 2.06. The van der Waals surface area contributed by atoms with Crippen LogP contribution in [0.1, 0.15) is 18.4 Å². The van der Waals surface area contributed by atoms with Crippen LogP contribution >= 0.6 is 15.9 Å². The van der Waals surface area contributed by atoms with Crippen LogP contribution in [0.2, 0.25) is 0 Å². The molecule has 0 radical (unpaired) electrons. The van der Waals surface area contributed by atoms with Crippen LogP contribution in [0.5, 0.6) is 5.75 Å². The van der Waals surface area contributed by atoms with Crippen LogP contribution in [0.4, 0.5) is 0 Å². The minimum atomic E-state index is 0.543. The Morgan fingerprint density at radius 2 is 2.21 bits per heavy atom. The molecular formula is C11H14BrNO. The first-order valence-electron chi connectivity index (χ1n) is 4.91. The van der Waals surface area contributed by atoms with Crippen molar-refractivity contribution < 1.29 is 4.74 Å². The molecule has 1 aromatic rings. The molecule has 0 amide bonds. The van der Waals surface area contributed by atoms with Crippen molar-refractivity contribution in [1.29, 1.82) is 0 Å². The summed E-state index contributed by atoms with van der Waals surface area (Å²) < 4.78 is 6.70. The van der Waals surface area contributed by atoms with Crippen molar-refractivity contribution in [2.24, 2.45) is 11.7 Å². The Bertz CT molecular complexity index is 323. The maximum atomic E-state index is 5.70. The van der Waals surface area contributed by atoms with Gasteiger partial charge in [-0.05, 0) is 46.3 Å². The number of benzene rings is 1. The minimum absolute atomic E-state index is 0.543. The molecule has 1 saturated carbocycles. The second-order valence-electron chi connectivity index (χ2n) is 3.69. The Kier molecular flexibility index (Phi) is 3.08. The van der Waals surface area contributed by atoms with E-state index in [9.17, 15) is 0 Å². The van der Waals surface area contributed by atoms with Crippen LogP contribution in [0.25, 0.3) is 0 Å². The lowest BCUT2D eigenvalue weighted by Gasteiger charge is -2.09. The number of hydrogen-bond acceptors (Lipinski definition) is 2. The molecule has 0 atom stereocenters. The first kappa shape index (κ1) is 9.99. The SMILES string of the molecule is NCc1cccc(OCC2CC2)c1Br. The highest BCUT2D eigenvalue weighted by Gasteiger charge is 2.22. The van der Waals surface area contributed by atoms with E-state index in [1.807, 2.05) is 18.2 Å². The van der Waals surface area contributed by atoms with E-state index >= 15 is 0 Å². The van der Waals surface area contributed by atoms with Gasteiger partial charge in [-0.15, -0.1) is 0 Å². The van der Waals surface area contributed by atoms with E-state index in [2.05, 4.69) is 15.9 Å². The Morgan fingerprint density at radius 3 is 2.86 bits per heavy atom. The second kappa shape index (κ2) is 4.32. The summed E-state index contributed by atoms with van der Waals surface area (Å²) in [5.74, 6) is 1.70. The lowest BCUT2D eigenvalue weighted by Crippen LogP contribution is -2.02. The predicted molar refractivity (Wildman–Crippen MR) is 60.3 cm³/mol. The predicted octanol–water partition coefficient (Wildman–Crippen LogP) is 2.70. The van der Waals surface area contributed by atoms with Gasteiger partial charge < -0.3 is 10.5 Å². The zero-order valence-electron chi connectivity index (χ0n) is 8.00. The van der Waals surface area contributed by atoms with Crippen LogP contribution in [0.15, 0.2) is 22.7 Å². The molecule has 1 aliphatic carbocycles. The lowest BCUT2D eigenvalue weighted by atomic mass is 10.2. The summed E-state index contributed by atoms with van der Waals surface area (Å²) in [6.07, 6.45) is 2.63. The van der Waals surface area contributed by atoms with E-state index in [0.717, 1.165) is 28.3 Å². The normalized spacial score (nSPS) is 15.6. The zero-order chi connectivity index (χ0) is 9.97. The average Bonchev–Trinajstić information content (AvgIpc) is 3.00. The maximum Gasteiger partial charge on any atom is 0.133 e. The van der Waals surface area contributed by atoms with Crippen molar-refractivity contribution in [3.63, 3.8) is 0 Å². The van der Waals surface area contributed by atoms with Gasteiger partial charge in [-0.25, -0.2) is 0 Å². The van der Waals surface area contributed by atoms with Crippen molar-refractivity contribution in [3.05, 3.63) is 28.2 Å². The summed E-state index contributed by atoms with van der Waals surface area (Å²) in [5.41, 5.74) is 6.70. The number of rotatable bonds is 4. The molecule has 0 spiro atoms. The smallest absolute Gasteiger partial charge is 0.133 e. The summed E-state index contributed by atoms with van der Waals surface area (Å²) in [5, 5.41) is 0. The standard InChI is InChI=1S/C11H14BrNO/c12-11-9(6-13)2-1-3-10(11)14-7-8-4-5-8/h1-3,8H,4-7,13H2. The molecule has 2 N–H and O–H groups in total. The van der Waals surface area contributed by atoms with Crippen LogP contribution < -0.4 is 10.5 Å². The van der Waals surface area contributed by atoms with E-state index in [-0.39, 0.29) is 0 Å². The molecule has 3 heteroatoms. The van der Waals surface area contributed by atoms with Crippen LogP contribution in [0.3, 0.4) is 0 Å². The third-order valence-electron chi connectivity index (χ3n) is 2.43. The zero-order valence-corrected chi connectivity index (χ0v) is 9.59. The summed E-state index contributed by atoms with van der Waals surface area (Å²) in [6, 6.07) is 5.97. The molecule has 1 aliphatic rings. The maximum absolute atomic E-state index is 5.70. The van der Waals surface area contributed by atoms with Gasteiger partial charge >= 0.3 is 0 Å². The van der Waals surface area contributed by atoms with Gasteiger partial charge in [-0.1, -0.05) is 12.1 Å². The fourth-order valence-electron chi connectivity index (χ4n) is 1.32. The third-order valence-corrected chi connectivity index (χ3v) is 3.33. The second-order valence-corrected chi connectivity index (χ2v) is 4.48. The quantitative estimate of drug-likeness (QED) is 0.898. The van der Waals surface area contributed by atoms with Crippen LogP contribution in [-0.2, 0) is 6.54 Å². The summed E-state index contributed by atoms with van der Waals surface area (Å²) >= 11 is 3.51. The molecule has 2 rings (SSSR count). The van der Waals surface area contributed by atoms with Crippen molar-refractivity contribution in [2.45, 2.75) is 19.4 Å². The van der Waals surface area contributed by atoms with Gasteiger partial charge in [0.1, 0.15) is 5.75 Å². The highest BCUT2D eigenvalue weighted by atomic mass is 79.9. The van der Waals surface area contributed by atoms with Gasteiger partial charge in [0.25, 0.3) is 0 Å². The minimum Gasteiger partial charge on any atom is -0.492 e. The van der Waals surface area contributed by atoms with Gasteiger partial charge in [0.15, 0.2) is 0 Å². The Morgan fingerprint density at radius 1 is 1.43 bits per heavy atom. The largest absolute Gasteiger partial charge is 0.492 e. The fourth-order valence-corrected chi connectivity index (χ4v) is 1.86. The highest BCUT2D eigenvalue weighted by molar-refractivity contribution is 9.10. The number of halogens is 1. The van der Waals surface area contributed by atoms with E-state index < -0.39 is 0 Å². The summed E-state index contributed by atoms with van der Waals surface area (Å²) in [6.45, 7) is 1.38. The molecule has 1 aromatic carbocycles. The first-order chi connectivity index (χ1) is 6.81. The van der Waals surface area contributed by atoms with E-state index in [4.69, 9.17) is 10.5 Å². The van der Waals surface area contributed by atoms with Crippen molar-refractivity contribution in [2.75, 3.05) is 6.61 Å².